The number of allylic oxidation sites excluding steroid dienone is 4. The second kappa shape index (κ2) is 6.14. The van der Waals surface area contributed by atoms with Crippen molar-refractivity contribution in [3.05, 3.63) is 24.3 Å². The first kappa shape index (κ1) is 10.4. The maximum absolute atomic E-state index is 12.8. The van der Waals surface area contributed by atoms with Crippen LogP contribution in [0.1, 0.15) is 27.2 Å². The van der Waals surface area contributed by atoms with Crippen molar-refractivity contribution in [1.82, 2.24) is 0 Å². The quantitative estimate of drug-likeness (QED) is 0.546. The number of alkyl halides is 1. The monoisotopic (exact) mass is 156 g/mol. The van der Waals surface area contributed by atoms with E-state index in [9.17, 15) is 4.39 Å². The molecule has 0 N–H and O–H groups in total. The lowest BCUT2D eigenvalue weighted by molar-refractivity contribution is 0.466. The van der Waals surface area contributed by atoms with Gasteiger partial charge in [-0.25, -0.2) is 4.39 Å². The van der Waals surface area contributed by atoms with Gasteiger partial charge in [-0.05, 0) is 12.3 Å². The molecule has 0 aromatic heterocycles. The zero-order valence-corrected chi connectivity index (χ0v) is 7.55. The van der Waals surface area contributed by atoms with E-state index in [1.165, 1.54) is 0 Å². The minimum atomic E-state index is -0.905. The summed E-state index contributed by atoms with van der Waals surface area (Å²) in [7, 11) is 0. The van der Waals surface area contributed by atoms with Crippen LogP contribution in [0.5, 0.6) is 0 Å². The van der Waals surface area contributed by atoms with Crippen LogP contribution in [0.4, 0.5) is 4.39 Å². The number of hydrogen-bond donors (Lipinski definition) is 0. The van der Waals surface area contributed by atoms with E-state index in [1.54, 1.807) is 12.2 Å². The molecule has 1 atom stereocenters. The Morgan fingerprint density at radius 3 is 2.27 bits per heavy atom. The molecule has 0 aliphatic carbocycles. The zero-order chi connectivity index (χ0) is 8.69. The minimum absolute atomic E-state index is 0.434. The molecule has 0 radical (unpaired) electrons. The van der Waals surface area contributed by atoms with Crippen molar-refractivity contribution < 1.29 is 4.39 Å². The van der Waals surface area contributed by atoms with Gasteiger partial charge < -0.3 is 0 Å². The van der Waals surface area contributed by atoms with Gasteiger partial charge in [0.1, 0.15) is 6.17 Å². The maximum Gasteiger partial charge on any atom is 0.136 e. The van der Waals surface area contributed by atoms with Gasteiger partial charge in [0, 0.05) is 0 Å². The molecule has 0 bridgehead atoms. The van der Waals surface area contributed by atoms with Gasteiger partial charge in [0.15, 0.2) is 0 Å². The maximum atomic E-state index is 12.8. The van der Waals surface area contributed by atoms with Gasteiger partial charge in [0.2, 0.25) is 0 Å². The van der Waals surface area contributed by atoms with E-state index in [4.69, 9.17) is 0 Å². The SMILES string of the molecule is CC/C=C/[C@@H](F)/C=C\C(C)C. The smallest absolute Gasteiger partial charge is 0.136 e. The molecule has 0 aliphatic heterocycles. The molecule has 0 rings (SSSR count). The molecule has 0 saturated heterocycles. The number of rotatable bonds is 4. The summed E-state index contributed by atoms with van der Waals surface area (Å²) in [5, 5.41) is 0. The molecule has 0 spiro atoms. The predicted octanol–water partition coefficient (Wildman–Crippen LogP) is 3.50. The fourth-order valence-corrected chi connectivity index (χ4v) is 0.659. The van der Waals surface area contributed by atoms with Gasteiger partial charge >= 0.3 is 0 Å². The molecule has 0 saturated carbocycles. The van der Waals surface area contributed by atoms with Gasteiger partial charge in [-0.15, -0.1) is 0 Å². The summed E-state index contributed by atoms with van der Waals surface area (Å²) in [5.41, 5.74) is 0. The average Bonchev–Trinajstić information content (AvgIpc) is 1.97. The number of halogens is 1. The van der Waals surface area contributed by atoms with Crippen molar-refractivity contribution >= 4 is 0 Å². The normalized spacial score (nSPS) is 15.4. The molecule has 0 heterocycles. The summed E-state index contributed by atoms with van der Waals surface area (Å²) in [5.74, 6) is 0.434. The Balaban J connectivity index is 3.67. The average molecular weight is 156 g/mol. The predicted molar refractivity (Wildman–Crippen MR) is 48.3 cm³/mol. The second-order valence-corrected chi connectivity index (χ2v) is 2.91. The highest BCUT2D eigenvalue weighted by molar-refractivity contribution is 5.02. The van der Waals surface area contributed by atoms with Crippen LogP contribution in [0.25, 0.3) is 0 Å². The van der Waals surface area contributed by atoms with Crippen molar-refractivity contribution in [2.24, 2.45) is 5.92 Å². The molecular formula is C10H17F. The van der Waals surface area contributed by atoms with Crippen LogP contribution in [-0.2, 0) is 0 Å². The molecule has 0 aromatic rings. The minimum Gasteiger partial charge on any atom is -0.238 e. The summed E-state index contributed by atoms with van der Waals surface area (Å²) in [6, 6.07) is 0. The van der Waals surface area contributed by atoms with E-state index >= 15 is 0 Å². The van der Waals surface area contributed by atoms with Gasteiger partial charge in [0.25, 0.3) is 0 Å². The molecule has 11 heavy (non-hydrogen) atoms. The molecule has 0 nitrogen and oxygen atoms in total. The molecule has 0 aliphatic rings. The Hall–Kier alpha value is -0.590. The molecule has 1 heteroatoms. The van der Waals surface area contributed by atoms with Crippen molar-refractivity contribution in [1.29, 1.82) is 0 Å². The summed E-state index contributed by atoms with van der Waals surface area (Å²) in [6.45, 7) is 6.06. The molecule has 64 valence electrons. The van der Waals surface area contributed by atoms with Crippen molar-refractivity contribution in [3.63, 3.8) is 0 Å². The van der Waals surface area contributed by atoms with Crippen LogP contribution in [0.3, 0.4) is 0 Å². The van der Waals surface area contributed by atoms with Gasteiger partial charge in [-0.1, -0.05) is 45.1 Å². The van der Waals surface area contributed by atoms with E-state index in [0.717, 1.165) is 6.42 Å². The highest BCUT2D eigenvalue weighted by atomic mass is 19.1. The van der Waals surface area contributed by atoms with Crippen LogP contribution in [-0.4, -0.2) is 6.17 Å². The van der Waals surface area contributed by atoms with E-state index in [2.05, 4.69) is 0 Å². The van der Waals surface area contributed by atoms with Gasteiger partial charge in [-0.3, -0.25) is 0 Å². The van der Waals surface area contributed by atoms with Crippen LogP contribution >= 0.6 is 0 Å². The highest BCUT2D eigenvalue weighted by Crippen LogP contribution is 2.00. The summed E-state index contributed by atoms with van der Waals surface area (Å²) >= 11 is 0. The fourth-order valence-electron chi connectivity index (χ4n) is 0.659. The van der Waals surface area contributed by atoms with Crippen LogP contribution in [0.2, 0.25) is 0 Å². The Morgan fingerprint density at radius 2 is 1.82 bits per heavy atom. The highest BCUT2D eigenvalue weighted by Gasteiger charge is 1.93. The third-order valence-corrected chi connectivity index (χ3v) is 1.24. The van der Waals surface area contributed by atoms with Crippen LogP contribution in [0.15, 0.2) is 24.3 Å². The first-order valence-electron chi connectivity index (χ1n) is 4.15. The Bertz CT molecular complexity index is 134. The van der Waals surface area contributed by atoms with Crippen LogP contribution < -0.4 is 0 Å². The largest absolute Gasteiger partial charge is 0.238 e. The Labute approximate surface area is 68.8 Å². The third kappa shape index (κ3) is 7.31. The molecule has 0 fully saturated rings. The van der Waals surface area contributed by atoms with E-state index in [0.29, 0.717) is 5.92 Å². The van der Waals surface area contributed by atoms with Crippen molar-refractivity contribution in [2.75, 3.05) is 0 Å². The lowest BCUT2D eigenvalue weighted by Gasteiger charge is -1.95. The Morgan fingerprint density at radius 1 is 1.18 bits per heavy atom. The van der Waals surface area contributed by atoms with Gasteiger partial charge in [0.05, 0.1) is 0 Å². The molecular weight excluding hydrogens is 139 g/mol. The zero-order valence-electron chi connectivity index (χ0n) is 7.55. The van der Waals surface area contributed by atoms with E-state index < -0.39 is 6.17 Å². The first-order valence-corrected chi connectivity index (χ1v) is 4.15. The topological polar surface area (TPSA) is 0 Å². The molecule has 0 aromatic carbocycles. The standard InChI is InChI=1S/C10H17F/c1-4-5-6-10(11)8-7-9(2)3/h5-10H,4H2,1-3H3/b6-5+,8-7-/t10-/m1/s1. The third-order valence-electron chi connectivity index (χ3n) is 1.24. The first-order chi connectivity index (χ1) is 5.16. The molecule has 0 unspecified atom stereocenters. The summed E-state index contributed by atoms with van der Waals surface area (Å²) in [6.07, 6.45) is 6.89. The van der Waals surface area contributed by atoms with Crippen molar-refractivity contribution in [2.45, 2.75) is 33.4 Å². The summed E-state index contributed by atoms with van der Waals surface area (Å²) in [4.78, 5) is 0. The summed E-state index contributed by atoms with van der Waals surface area (Å²) < 4.78 is 12.8. The number of hydrogen-bond acceptors (Lipinski definition) is 0. The lowest BCUT2D eigenvalue weighted by atomic mass is 10.2. The van der Waals surface area contributed by atoms with E-state index in [-0.39, 0.29) is 0 Å². The fraction of sp³-hybridized carbons (Fsp3) is 0.600. The molecule has 0 amide bonds. The second-order valence-electron chi connectivity index (χ2n) is 2.91. The lowest BCUT2D eigenvalue weighted by Crippen LogP contribution is -1.89. The van der Waals surface area contributed by atoms with Gasteiger partial charge in [-0.2, -0.15) is 0 Å². The van der Waals surface area contributed by atoms with Crippen LogP contribution in [0, 0.1) is 5.92 Å². The Kier molecular flexibility index (Phi) is 5.81. The van der Waals surface area contributed by atoms with E-state index in [1.807, 2.05) is 32.9 Å². The van der Waals surface area contributed by atoms with Crippen molar-refractivity contribution in [3.8, 4) is 0 Å².